The lowest BCUT2D eigenvalue weighted by atomic mass is 9.91. The maximum absolute atomic E-state index is 14.8. The Morgan fingerprint density at radius 2 is 2.09 bits per heavy atom. The Bertz CT molecular complexity index is 1180. The van der Waals surface area contributed by atoms with Gasteiger partial charge in [0.15, 0.2) is 5.17 Å². The first-order valence-electron chi connectivity index (χ1n) is 9.76. The number of ether oxygens (including phenoxy) is 1. The van der Waals surface area contributed by atoms with Crippen molar-refractivity contribution in [2.75, 3.05) is 25.6 Å². The van der Waals surface area contributed by atoms with E-state index < -0.39 is 17.3 Å². The van der Waals surface area contributed by atoms with Crippen molar-refractivity contribution >= 4 is 34.4 Å². The number of anilines is 1. The molecular weight excluding hydrogens is 447 g/mol. The first-order chi connectivity index (χ1) is 15.8. The van der Waals surface area contributed by atoms with Crippen LogP contribution in [0.25, 0.3) is 0 Å². The molecule has 1 aliphatic rings. The summed E-state index contributed by atoms with van der Waals surface area (Å²) in [4.78, 5) is 33.6. The molecule has 0 unspecified atom stereocenters. The average Bonchev–Trinajstić information content (AvgIpc) is 2.79. The number of hydrogen-bond donors (Lipinski definition) is 3. The Labute approximate surface area is 193 Å². The van der Waals surface area contributed by atoms with Gasteiger partial charge in [0.25, 0.3) is 11.8 Å². The molecule has 0 saturated carbocycles. The molecule has 3 rings (SSSR count). The van der Waals surface area contributed by atoms with Gasteiger partial charge in [-0.25, -0.2) is 14.4 Å². The van der Waals surface area contributed by atoms with Gasteiger partial charge in [-0.1, -0.05) is 0 Å². The van der Waals surface area contributed by atoms with Crippen LogP contribution < -0.4 is 16.4 Å². The molecule has 0 radical (unpaired) electrons. The van der Waals surface area contributed by atoms with Gasteiger partial charge in [0.1, 0.15) is 23.1 Å². The Hall–Kier alpha value is -3.75. The molecule has 1 aromatic carbocycles. The number of nitriles is 1. The summed E-state index contributed by atoms with van der Waals surface area (Å²) in [6.07, 6.45) is 2.82. The monoisotopic (exact) mass is 468 g/mol. The third kappa shape index (κ3) is 5.74. The molecule has 0 spiro atoms. The molecule has 33 heavy (non-hydrogen) atoms. The van der Waals surface area contributed by atoms with Gasteiger partial charge in [0.05, 0.1) is 17.1 Å². The van der Waals surface area contributed by atoms with E-state index in [0.717, 1.165) is 11.8 Å². The van der Waals surface area contributed by atoms with Gasteiger partial charge in [-0.15, -0.1) is 0 Å². The van der Waals surface area contributed by atoms with Crippen LogP contribution in [0.5, 0.6) is 0 Å². The number of aliphatic imine (C=N–C) groups is 1. The van der Waals surface area contributed by atoms with E-state index in [-0.39, 0.29) is 27.2 Å². The molecule has 1 aliphatic heterocycles. The second kappa shape index (κ2) is 10.2. The predicted octanol–water partition coefficient (Wildman–Crippen LogP) is 2.27. The second-order valence-corrected chi connectivity index (χ2v) is 8.21. The number of rotatable bonds is 7. The fraction of sp³-hybridized carbons (Fsp3) is 0.227. The van der Waals surface area contributed by atoms with E-state index >= 15 is 0 Å². The van der Waals surface area contributed by atoms with E-state index in [2.05, 4.69) is 20.6 Å². The quantitative estimate of drug-likeness (QED) is 0.529. The van der Waals surface area contributed by atoms with E-state index in [0.29, 0.717) is 24.4 Å². The first kappa shape index (κ1) is 23.9. The Morgan fingerprint density at radius 3 is 2.76 bits per heavy atom. The standard InChI is InChI=1S/C22H21FN6O3S/c1-22(10-18(33-21(25)29-22)20(31)26-7-8-32-2)15-9-14(4-5-16(15)23)28-19(30)17-6-3-13(11-24)12-27-17/h3-6,9-10,12H,7-8H2,1-2H3,(H2,25,29)(H,26,31)(H,28,30)/t22-/m0/s1. The van der Waals surface area contributed by atoms with Crippen molar-refractivity contribution in [2.24, 2.45) is 10.7 Å². The molecule has 0 fully saturated rings. The third-order valence-corrected chi connectivity index (χ3v) is 5.50. The maximum Gasteiger partial charge on any atom is 0.274 e. The highest BCUT2D eigenvalue weighted by Gasteiger charge is 2.33. The first-order valence-corrected chi connectivity index (χ1v) is 10.6. The number of amidine groups is 1. The summed E-state index contributed by atoms with van der Waals surface area (Å²) in [6.45, 7) is 2.27. The molecule has 2 aromatic rings. The number of benzene rings is 1. The molecule has 0 bridgehead atoms. The van der Waals surface area contributed by atoms with Crippen LogP contribution in [0, 0.1) is 17.1 Å². The van der Waals surface area contributed by atoms with E-state index in [4.69, 9.17) is 15.7 Å². The number of hydrogen-bond acceptors (Lipinski definition) is 8. The van der Waals surface area contributed by atoms with Gasteiger partial charge in [-0.2, -0.15) is 5.26 Å². The topological polar surface area (TPSA) is 142 Å². The highest BCUT2D eigenvalue weighted by molar-refractivity contribution is 8.17. The van der Waals surface area contributed by atoms with E-state index in [1.165, 1.54) is 49.7 Å². The SMILES string of the molecule is COCCNC(=O)C1=C[C@@](C)(c2cc(NC(=O)c3ccc(C#N)cn3)ccc2F)N=C(N)S1. The van der Waals surface area contributed by atoms with Gasteiger partial charge in [0, 0.05) is 31.1 Å². The zero-order chi connectivity index (χ0) is 24.0. The number of carbonyl (C=O) groups is 2. The van der Waals surface area contributed by atoms with Crippen LogP contribution in [-0.4, -0.2) is 42.2 Å². The summed E-state index contributed by atoms with van der Waals surface area (Å²) < 4.78 is 19.8. The maximum atomic E-state index is 14.8. The number of carbonyl (C=O) groups excluding carboxylic acids is 2. The van der Waals surface area contributed by atoms with Crippen molar-refractivity contribution in [1.29, 1.82) is 5.26 Å². The number of pyridine rings is 1. The predicted molar refractivity (Wildman–Crippen MR) is 123 cm³/mol. The largest absolute Gasteiger partial charge is 0.383 e. The van der Waals surface area contributed by atoms with Crippen molar-refractivity contribution in [3.8, 4) is 6.07 Å². The van der Waals surface area contributed by atoms with Crippen LogP contribution in [0.15, 0.2) is 52.5 Å². The van der Waals surface area contributed by atoms with Crippen molar-refractivity contribution in [1.82, 2.24) is 10.3 Å². The lowest BCUT2D eigenvalue weighted by Crippen LogP contribution is -2.33. The highest BCUT2D eigenvalue weighted by Crippen LogP contribution is 2.38. The van der Waals surface area contributed by atoms with Gasteiger partial charge in [-0.05, 0) is 55.1 Å². The van der Waals surface area contributed by atoms with Gasteiger partial charge in [0.2, 0.25) is 0 Å². The van der Waals surface area contributed by atoms with Crippen LogP contribution >= 0.6 is 11.8 Å². The highest BCUT2D eigenvalue weighted by atomic mass is 32.2. The summed E-state index contributed by atoms with van der Waals surface area (Å²) in [5.41, 5.74) is 5.51. The van der Waals surface area contributed by atoms with Gasteiger partial charge < -0.3 is 21.1 Å². The van der Waals surface area contributed by atoms with E-state index in [1.54, 1.807) is 6.92 Å². The van der Waals surface area contributed by atoms with Gasteiger partial charge in [-0.3, -0.25) is 9.59 Å². The van der Waals surface area contributed by atoms with Crippen LogP contribution in [0.2, 0.25) is 0 Å². The summed E-state index contributed by atoms with van der Waals surface area (Å²) in [5, 5.41) is 14.3. The molecule has 1 atom stereocenters. The number of nitrogens with two attached hydrogens (primary N) is 1. The minimum absolute atomic E-state index is 0.0948. The fourth-order valence-corrected chi connectivity index (χ4v) is 3.98. The third-order valence-electron chi connectivity index (χ3n) is 4.68. The number of amides is 2. The zero-order valence-electron chi connectivity index (χ0n) is 17.9. The minimum Gasteiger partial charge on any atom is -0.383 e. The van der Waals surface area contributed by atoms with Crippen LogP contribution in [-0.2, 0) is 15.1 Å². The molecule has 0 aliphatic carbocycles. The van der Waals surface area contributed by atoms with Gasteiger partial charge >= 0.3 is 0 Å². The van der Waals surface area contributed by atoms with E-state index in [9.17, 15) is 14.0 Å². The lowest BCUT2D eigenvalue weighted by Gasteiger charge is -2.28. The molecule has 4 N–H and O–H groups in total. The molecule has 11 heteroatoms. The molecular formula is C22H21FN6O3S. The van der Waals surface area contributed by atoms with Crippen LogP contribution in [0.1, 0.15) is 28.5 Å². The Morgan fingerprint density at radius 1 is 1.30 bits per heavy atom. The van der Waals surface area contributed by atoms with Crippen LogP contribution in [0.4, 0.5) is 10.1 Å². The molecule has 1 aromatic heterocycles. The number of nitrogens with zero attached hydrogens (tertiary/aromatic N) is 3. The molecule has 0 saturated heterocycles. The summed E-state index contributed by atoms with van der Waals surface area (Å²) >= 11 is 0.983. The van der Waals surface area contributed by atoms with E-state index in [1.807, 2.05) is 6.07 Å². The number of aromatic nitrogens is 1. The fourth-order valence-electron chi connectivity index (χ4n) is 3.07. The zero-order valence-corrected chi connectivity index (χ0v) is 18.7. The van der Waals surface area contributed by atoms with Crippen molar-refractivity contribution in [3.63, 3.8) is 0 Å². The summed E-state index contributed by atoms with van der Waals surface area (Å²) in [6, 6.07) is 8.84. The Balaban J connectivity index is 1.87. The Kier molecular flexibility index (Phi) is 7.42. The molecule has 2 amide bonds. The van der Waals surface area contributed by atoms with Crippen molar-refractivity contribution in [3.05, 3.63) is 70.1 Å². The van der Waals surface area contributed by atoms with Crippen molar-refractivity contribution in [2.45, 2.75) is 12.5 Å². The summed E-state index contributed by atoms with van der Waals surface area (Å²) in [5.74, 6) is -1.48. The molecule has 9 nitrogen and oxygen atoms in total. The number of halogens is 1. The lowest BCUT2D eigenvalue weighted by molar-refractivity contribution is -0.117. The molecule has 170 valence electrons. The van der Waals surface area contributed by atoms with Crippen molar-refractivity contribution < 1.29 is 18.7 Å². The normalized spacial score (nSPS) is 17.4. The summed E-state index contributed by atoms with van der Waals surface area (Å²) in [7, 11) is 1.52. The number of thioether (sulfide) groups is 1. The average molecular weight is 469 g/mol. The van der Waals surface area contributed by atoms with Crippen LogP contribution in [0.3, 0.4) is 0 Å². The number of nitrogens with one attached hydrogen (secondary N) is 2. The minimum atomic E-state index is -1.28. The number of methoxy groups -OCH3 is 1. The molecule has 2 heterocycles. The second-order valence-electron chi connectivity index (χ2n) is 7.15. The smallest absolute Gasteiger partial charge is 0.274 e.